The van der Waals surface area contributed by atoms with Gasteiger partial charge in [0.15, 0.2) is 0 Å². The Bertz CT molecular complexity index is 633. The highest BCUT2D eigenvalue weighted by Gasteiger charge is 2.52. The molecule has 22 heavy (non-hydrogen) atoms. The fourth-order valence-electron chi connectivity index (χ4n) is 2.16. The van der Waals surface area contributed by atoms with E-state index in [-0.39, 0.29) is 12.2 Å². The van der Waals surface area contributed by atoms with Crippen LogP contribution in [-0.2, 0) is 9.31 Å². The molecule has 1 aliphatic heterocycles. The smallest absolute Gasteiger partial charge is 0.400 e. The van der Waals surface area contributed by atoms with Crippen molar-refractivity contribution in [3.8, 4) is 6.07 Å². The summed E-state index contributed by atoms with van der Waals surface area (Å²) < 4.78 is 25.4. The molecule has 0 bridgehead atoms. The van der Waals surface area contributed by atoms with Crippen LogP contribution in [0.4, 0.5) is 4.39 Å². The Morgan fingerprint density at radius 2 is 1.91 bits per heavy atom. The average molecular weight is 303 g/mol. The summed E-state index contributed by atoms with van der Waals surface area (Å²) in [7, 11) is -0.732. The van der Waals surface area contributed by atoms with Crippen molar-refractivity contribution in [2.24, 2.45) is 0 Å². The number of benzene rings is 1. The van der Waals surface area contributed by atoms with Gasteiger partial charge in [0.05, 0.1) is 23.4 Å². The van der Waals surface area contributed by atoms with Gasteiger partial charge in [0.2, 0.25) is 0 Å². The largest absolute Gasteiger partial charge is 0.492 e. The highest BCUT2D eigenvalue weighted by atomic mass is 19.1. The number of halogens is 1. The van der Waals surface area contributed by atoms with Gasteiger partial charge in [-0.25, -0.2) is 4.39 Å². The molecule has 1 N–H and O–H groups in total. The van der Waals surface area contributed by atoms with E-state index >= 15 is 0 Å². The standard InChI is InChI=1S/C16H19BFNO3/c1-15(2)16(3,4)22-17(21-15)12(10-20)8-11-6-5-7-14(18)13(11)9-19/h5-8,20H,10H2,1-4H3. The molecule has 1 aromatic carbocycles. The summed E-state index contributed by atoms with van der Waals surface area (Å²) in [4.78, 5) is 0. The maximum Gasteiger partial charge on any atom is 0.492 e. The van der Waals surface area contributed by atoms with Crippen molar-refractivity contribution >= 4 is 13.2 Å². The SMILES string of the molecule is CC1(C)OB(C(=Cc2cccc(F)c2C#N)CO)OC1(C)C. The summed E-state index contributed by atoms with van der Waals surface area (Å²) in [6, 6.07) is 6.19. The van der Waals surface area contributed by atoms with E-state index in [4.69, 9.17) is 14.6 Å². The van der Waals surface area contributed by atoms with E-state index in [0.717, 1.165) is 0 Å². The van der Waals surface area contributed by atoms with E-state index < -0.39 is 24.1 Å². The predicted octanol–water partition coefficient (Wildman–Crippen LogP) is 2.70. The molecule has 116 valence electrons. The highest BCUT2D eigenvalue weighted by molar-refractivity contribution is 6.55. The summed E-state index contributed by atoms with van der Waals surface area (Å²) in [6.07, 6.45) is 1.55. The lowest BCUT2D eigenvalue weighted by Crippen LogP contribution is -2.41. The van der Waals surface area contributed by atoms with E-state index in [1.807, 2.05) is 33.8 Å². The van der Waals surface area contributed by atoms with Gasteiger partial charge in [-0.3, -0.25) is 0 Å². The fraction of sp³-hybridized carbons (Fsp3) is 0.438. The van der Waals surface area contributed by atoms with Gasteiger partial charge in [-0.15, -0.1) is 0 Å². The molecule has 1 fully saturated rings. The minimum Gasteiger partial charge on any atom is -0.400 e. The van der Waals surface area contributed by atoms with Crippen LogP contribution in [0.1, 0.15) is 38.8 Å². The second-order valence-electron chi connectivity index (χ2n) is 6.28. The molecule has 4 nitrogen and oxygen atoms in total. The van der Waals surface area contributed by atoms with Gasteiger partial charge >= 0.3 is 7.12 Å². The zero-order chi connectivity index (χ0) is 16.5. The van der Waals surface area contributed by atoms with E-state index in [9.17, 15) is 9.50 Å². The molecular weight excluding hydrogens is 284 g/mol. The molecule has 1 saturated heterocycles. The summed E-state index contributed by atoms with van der Waals surface area (Å²) >= 11 is 0. The summed E-state index contributed by atoms with van der Waals surface area (Å²) in [5.41, 5.74) is -0.301. The first kappa shape index (κ1) is 16.7. The third kappa shape index (κ3) is 2.93. The maximum absolute atomic E-state index is 13.7. The second kappa shape index (κ2) is 5.84. The Labute approximate surface area is 130 Å². The molecular formula is C16H19BFNO3. The van der Waals surface area contributed by atoms with Crippen molar-refractivity contribution in [2.45, 2.75) is 38.9 Å². The minimum atomic E-state index is -0.732. The maximum atomic E-state index is 13.7. The van der Waals surface area contributed by atoms with E-state index in [2.05, 4.69) is 0 Å². The minimum absolute atomic E-state index is 0.0648. The van der Waals surface area contributed by atoms with Gasteiger partial charge in [0, 0.05) is 0 Å². The third-order valence-electron chi connectivity index (χ3n) is 4.24. The average Bonchev–Trinajstić information content (AvgIpc) is 2.64. The van der Waals surface area contributed by atoms with Crippen molar-refractivity contribution in [3.63, 3.8) is 0 Å². The summed E-state index contributed by atoms with van der Waals surface area (Å²) in [6.45, 7) is 7.32. The van der Waals surface area contributed by atoms with Crippen LogP contribution in [0.3, 0.4) is 0 Å². The van der Waals surface area contributed by atoms with Crippen LogP contribution in [0.5, 0.6) is 0 Å². The Hall–Kier alpha value is -1.68. The molecule has 0 atom stereocenters. The Morgan fingerprint density at radius 3 is 2.41 bits per heavy atom. The van der Waals surface area contributed by atoms with Crippen LogP contribution in [-0.4, -0.2) is 30.0 Å². The summed E-state index contributed by atoms with van der Waals surface area (Å²) in [5.74, 6) is -0.595. The van der Waals surface area contributed by atoms with Crippen LogP contribution in [0, 0.1) is 17.1 Å². The summed E-state index contributed by atoms with van der Waals surface area (Å²) in [5, 5.41) is 18.7. The quantitative estimate of drug-likeness (QED) is 0.872. The normalized spacial score (nSPS) is 20.0. The number of nitrogens with zero attached hydrogens (tertiary/aromatic N) is 1. The van der Waals surface area contributed by atoms with Gasteiger partial charge in [-0.2, -0.15) is 5.26 Å². The van der Waals surface area contributed by atoms with Gasteiger partial charge in [-0.05, 0) is 44.8 Å². The number of hydrogen-bond donors (Lipinski definition) is 1. The molecule has 0 saturated carbocycles. The molecule has 0 aliphatic carbocycles. The zero-order valence-corrected chi connectivity index (χ0v) is 13.2. The van der Waals surface area contributed by atoms with Crippen molar-refractivity contribution in [1.82, 2.24) is 0 Å². The van der Waals surface area contributed by atoms with Crippen molar-refractivity contribution in [1.29, 1.82) is 5.26 Å². The molecule has 0 spiro atoms. The lowest BCUT2D eigenvalue weighted by Gasteiger charge is -2.32. The first-order valence-corrected chi connectivity index (χ1v) is 7.07. The highest BCUT2D eigenvalue weighted by Crippen LogP contribution is 2.38. The molecule has 1 heterocycles. The molecule has 0 aromatic heterocycles. The topological polar surface area (TPSA) is 62.5 Å². The number of aliphatic hydroxyl groups excluding tert-OH is 1. The Balaban J connectivity index is 2.39. The van der Waals surface area contributed by atoms with E-state index in [1.54, 1.807) is 12.1 Å². The molecule has 0 unspecified atom stereocenters. The number of rotatable bonds is 3. The van der Waals surface area contributed by atoms with Gasteiger partial charge in [-0.1, -0.05) is 18.2 Å². The molecule has 1 aliphatic rings. The molecule has 6 heteroatoms. The van der Waals surface area contributed by atoms with Crippen molar-refractivity contribution < 1.29 is 18.8 Å². The van der Waals surface area contributed by atoms with Gasteiger partial charge in [0.25, 0.3) is 0 Å². The molecule has 0 amide bonds. The number of aliphatic hydroxyl groups is 1. The lowest BCUT2D eigenvalue weighted by atomic mass is 9.77. The monoisotopic (exact) mass is 303 g/mol. The van der Waals surface area contributed by atoms with Crippen LogP contribution >= 0.6 is 0 Å². The third-order valence-corrected chi connectivity index (χ3v) is 4.24. The lowest BCUT2D eigenvalue weighted by molar-refractivity contribution is 0.00578. The van der Waals surface area contributed by atoms with Crippen LogP contribution in [0.15, 0.2) is 23.7 Å². The first-order valence-electron chi connectivity index (χ1n) is 7.07. The Kier molecular flexibility index (Phi) is 4.43. The van der Waals surface area contributed by atoms with E-state index in [0.29, 0.717) is 11.0 Å². The van der Waals surface area contributed by atoms with Gasteiger partial charge < -0.3 is 14.4 Å². The zero-order valence-electron chi connectivity index (χ0n) is 13.2. The second-order valence-corrected chi connectivity index (χ2v) is 6.28. The number of nitriles is 1. The Morgan fingerprint density at radius 1 is 1.32 bits per heavy atom. The molecule has 1 aromatic rings. The number of hydrogen-bond acceptors (Lipinski definition) is 4. The van der Waals surface area contributed by atoms with E-state index in [1.165, 1.54) is 12.1 Å². The molecule has 2 rings (SSSR count). The first-order chi connectivity index (χ1) is 10.2. The van der Waals surface area contributed by atoms with Crippen molar-refractivity contribution in [3.05, 3.63) is 40.6 Å². The van der Waals surface area contributed by atoms with Crippen molar-refractivity contribution in [2.75, 3.05) is 6.61 Å². The predicted molar refractivity (Wildman–Crippen MR) is 82.3 cm³/mol. The van der Waals surface area contributed by atoms with Crippen LogP contribution in [0.25, 0.3) is 6.08 Å². The van der Waals surface area contributed by atoms with Crippen LogP contribution in [0.2, 0.25) is 0 Å². The van der Waals surface area contributed by atoms with Gasteiger partial charge in [0.1, 0.15) is 11.9 Å². The fourth-order valence-corrected chi connectivity index (χ4v) is 2.16. The van der Waals surface area contributed by atoms with Crippen LogP contribution < -0.4 is 0 Å². The molecule has 0 radical (unpaired) electrons.